The van der Waals surface area contributed by atoms with Crippen LogP contribution in [0, 0.1) is 3.57 Å². The van der Waals surface area contributed by atoms with Crippen molar-refractivity contribution in [1.82, 2.24) is 0 Å². The van der Waals surface area contributed by atoms with Gasteiger partial charge in [-0.3, -0.25) is 0 Å². The van der Waals surface area contributed by atoms with Crippen molar-refractivity contribution >= 4 is 28.6 Å². The minimum atomic E-state index is -0.281. The van der Waals surface area contributed by atoms with Gasteiger partial charge in [0.25, 0.3) is 0 Å². The van der Waals surface area contributed by atoms with Crippen molar-refractivity contribution in [3.05, 3.63) is 27.3 Å². The van der Waals surface area contributed by atoms with E-state index in [-0.39, 0.29) is 5.97 Å². The van der Waals surface area contributed by atoms with Crippen LogP contribution >= 0.6 is 22.6 Å². The average Bonchev–Trinajstić information content (AvgIpc) is 2.29. The van der Waals surface area contributed by atoms with E-state index in [2.05, 4.69) is 29.5 Å². The minimum absolute atomic E-state index is 0.281. The van der Waals surface area contributed by atoms with E-state index >= 15 is 0 Å². The molecule has 0 unspecified atom stereocenters. The molecule has 0 spiro atoms. The van der Waals surface area contributed by atoms with Crippen molar-refractivity contribution in [1.29, 1.82) is 0 Å². The summed E-state index contributed by atoms with van der Waals surface area (Å²) in [5.74, 6) is 0.419. The largest absolute Gasteiger partial charge is 0.496 e. The Morgan fingerprint density at radius 2 is 2.19 bits per heavy atom. The molecule has 0 aliphatic heterocycles. The molecule has 0 aromatic heterocycles. The molecule has 88 valence electrons. The average molecular weight is 334 g/mol. The Bertz CT molecular complexity index is 363. The molecule has 0 atom stereocenters. The fraction of sp³-hybridized carbons (Fsp3) is 0.417. The number of rotatable bonds is 5. The van der Waals surface area contributed by atoms with Crippen LogP contribution in [0.4, 0.5) is 0 Å². The standard InChI is InChI=1S/C12H15IO3/c1-3-4-8-16-12(14)9-6-5-7-10(15-2)11(9)13/h5-7H,3-4,8H2,1-2H3. The summed E-state index contributed by atoms with van der Waals surface area (Å²) in [6.45, 7) is 2.53. The summed E-state index contributed by atoms with van der Waals surface area (Å²) < 4.78 is 11.1. The maximum atomic E-state index is 11.7. The van der Waals surface area contributed by atoms with E-state index < -0.39 is 0 Å². The van der Waals surface area contributed by atoms with Crippen molar-refractivity contribution in [2.45, 2.75) is 19.8 Å². The molecular weight excluding hydrogens is 319 g/mol. The molecule has 0 heterocycles. The van der Waals surface area contributed by atoms with Gasteiger partial charge in [-0.1, -0.05) is 19.4 Å². The molecular formula is C12H15IO3. The highest BCUT2D eigenvalue weighted by atomic mass is 127. The summed E-state index contributed by atoms with van der Waals surface area (Å²) in [6, 6.07) is 5.36. The zero-order chi connectivity index (χ0) is 12.0. The number of benzene rings is 1. The Hall–Kier alpha value is -0.780. The van der Waals surface area contributed by atoms with Crippen LogP contribution in [0.5, 0.6) is 5.75 Å². The van der Waals surface area contributed by atoms with Gasteiger partial charge in [-0.15, -0.1) is 0 Å². The van der Waals surface area contributed by atoms with Gasteiger partial charge in [0, 0.05) is 0 Å². The van der Waals surface area contributed by atoms with Gasteiger partial charge in [0.2, 0.25) is 0 Å². The molecule has 3 nitrogen and oxygen atoms in total. The van der Waals surface area contributed by atoms with Gasteiger partial charge in [0.05, 0.1) is 22.9 Å². The van der Waals surface area contributed by atoms with E-state index in [0.717, 1.165) is 16.4 Å². The Morgan fingerprint density at radius 3 is 2.81 bits per heavy atom. The van der Waals surface area contributed by atoms with E-state index in [4.69, 9.17) is 9.47 Å². The summed E-state index contributed by atoms with van der Waals surface area (Å²) in [6.07, 6.45) is 1.91. The number of halogens is 1. The van der Waals surface area contributed by atoms with E-state index in [1.165, 1.54) is 0 Å². The van der Waals surface area contributed by atoms with Crippen LogP contribution in [0.3, 0.4) is 0 Å². The van der Waals surface area contributed by atoms with Crippen molar-refractivity contribution < 1.29 is 14.3 Å². The number of hydrogen-bond donors (Lipinski definition) is 0. The molecule has 0 aliphatic carbocycles. The number of carbonyl (C=O) groups is 1. The highest BCUT2D eigenvalue weighted by molar-refractivity contribution is 14.1. The van der Waals surface area contributed by atoms with Crippen LogP contribution in [-0.4, -0.2) is 19.7 Å². The molecule has 0 aliphatic rings. The molecule has 0 N–H and O–H groups in total. The van der Waals surface area contributed by atoms with E-state index in [1.807, 2.05) is 6.07 Å². The minimum Gasteiger partial charge on any atom is -0.496 e. The summed E-state index contributed by atoms with van der Waals surface area (Å²) in [4.78, 5) is 11.7. The van der Waals surface area contributed by atoms with Crippen LogP contribution in [0.25, 0.3) is 0 Å². The van der Waals surface area contributed by atoms with Crippen molar-refractivity contribution in [2.75, 3.05) is 13.7 Å². The smallest absolute Gasteiger partial charge is 0.339 e. The Labute approximate surface area is 109 Å². The first-order valence-electron chi connectivity index (χ1n) is 5.20. The maximum Gasteiger partial charge on any atom is 0.339 e. The SMILES string of the molecule is CCCCOC(=O)c1cccc(OC)c1I. The molecule has 0 amide bonds. The lowest BCUT2D eigenvalue weighted by Crippen LogP contribution is -2.08. The van der Waals surface area contributed by atoms with Gasteiger partial charge in [-0.05, 0) is 41.1 Å². The van der Waals surface area contributed by atoms with Crippen LogP contribution in [0.1, 0.15) is 30.1 Å². The van der Waals surface area contributed by atoms with Gasteiger partial charge < -0.3 is 9.47 Å². The highest BCUT2D eigenvalue weighted by Crippen LogP contribution is 2.24. The lowest BCUT2D eigenvalue weighted by atomic mass is 10.2. The molecule has 1 aromatic carbocycles. The first kappa shape index (κ1) is 13.3. The monoisotopic (exact) mass is 334 g/mol. The number of ether oxygens (including phenoxy) is 2. The molecule has 1 rings (SSSR count). The summed E-state index contributed by atoms with van der Waals surface area (Å²) >= 11 is 2.09. The lowest BCUT2D eigenvalue weighted by Gasteiger charge is -2.08. The quantitative estimate of drug-likeness (QED) is 0.471. The summed E-state index contributed by atoms with van der Waals surface area (Å²) in [5, 5.41) is 0. The maximum absolute atomic E-state index is 11.7. The fourth-order valence-corrected chi connectivity index (χ4v) is 2.01. The molecule has 0 radical (unpaired) electrons. The van der Waals surface area contributed by atoms with Gasteiger partial charge in [-0.2, -0.15) is 0 Å². The summed E-state index contributed by atoms with van der Waals surface area (Å²) in [5.41, 5.74) is 0.566. The molecule has 0 saturated carbocycles. The second-order valence-electron chi connectivity index (χ2n) is 3.31. The third-order valence-corrected chi connectivity index (χ3v) is 3.25. The molecule has 0 bridgehead atoms. The first-order valence-corrected chi connectivity index (χ1v) is 6.28. The number of esters is 1. The number of methoxy groups -OCH3 is 1. The van der Waals surface area contributed by atoms with Gasteiger partial charge in [0.15, 0.2) is 0 Å². The predicted molar refractivity (Wildman–Crippen MR) is 70.9 cm³/mol. The topological polar surface area (TPSA) is 35.5 Å². The van der Waals surface area contributed by atoms with Gasteiger partial charge in [0.1, 0.15) is 5.75 Å². The lowest BCUT2D eigenvalue weighted by molar-refractivity contribution is 0.0498. The Kier molecular flexibility index (Phi) is 5.59. The fourth-order valence-electron chi connectivity index (χ4n) is 1.21. The third kappa shape index (κ3) is 3.37. The zero-order valence-corrected chi connectivity index (χ0v) is 11.6. The van der Waals surface area contributed by atoms with Crippen LogP contribution < -0.4 is 4.74 Å². The highest BCUT2D eigenvalue weighted by Gasteiger charge is 2.14. The van der Waals surface area contributed by atoms with Gasteiger partial charge >= 0.3 is 5.97 Å². The van der Waals surface area contributed by atoms with Crippen LogP contribution in [0.2, 0.25) is 0 Å². The van der Waals surface area contributed by atoms with Crippen molar-refractivity contribution in [3.8, 4) is 5.75 Å². The van der Waals surface area contributed by atoms with Gasteiger partial charge in [-0.25, -0.2) is 4.79 Å². The second-order valence-corrected chi connectivity index (χ2v) is 4.39. The number of hydrogen-bond acceptors (Lipinski definition) is 3. The number of unbranched alkanes of at least 4 members (excludes halogenated alkanes) is 1. The predicted octanol–water partition coefficient (Wildman–Crippen LogP) is 3.26. The third-order valence-electron chi connectivity index (χ3n) is 2.13. The van der Waals surface area contributed by atoms with Crippen molar-refractivity contribution in [2.24, 2.45) is 0 Å². The molecule has 0 saturated heterocycles. The summed E-state index contributed by atoms with van der Waals surface area (Å²) in [7, 11) is 1.59. The first-order chi connectivity index (χ1) is 7.70. The molecule has 0 fully saturated rings. The van der Waals surface area contributed by atoms with E-state index in [1.54, 1.807) is 19.2 Å². The normalized spacial score (nSPS) is 9.94. The molecule has 16 heavy (non-hydrogen) atoms. The molecule has 4 heteroatoms. The Balaban J connectivity index is 2.75. The van der Waals surface area contributed by atoms with E-state index in [0.29, 0.717) is 17.9 Å². The molecule has 1 aromatic rings. The Morgan fingerprint density at radius 1 is 1.44 bits per heavy atom. The number of carbonyl (C=O) groups excluding carboxylic acids is 1. The van der Waals surface area contributed by atoms with Crippen LogP contribution in [-0.2, 0) is 4.74 Å². The second kappa shape index (κ2) is 6.73. The van der Waals surface area contributed by atoms with Crippen molar-refractivity contribution in [3.63, 3.8) is 0 Å². The zero-order valence-electron chi connectivity index (χ0n) is 9.46. The van der Waals surface area contributed by atoms with E-state index in [9.17, 15) is 4.79 Å². The van der Waals surface area contributed by atoms with Crippen LogP contribution in [0.15, 0.2) is 18.2 Å².